The van der Waals surface area contributed by atoms with Gasteiger partial charge in [-0.05, 0) is 61.0 Å². The van der Waals surface area contributed by atoms with Crippen LogP contribution in [-0.4, -0.2) is 34.6 Å². The fourth-order valence-corrected chi connectivity index (χ4v) is 8.15. The van der Waals surface area contributed by atoms with Crippen LogP contribution in [0.1, 0.15) is 21.9 Å². The van der Waals surface area contributed by atoms with Gasteiger partial charge in [-0.2, -0.15) is 0 Å². The minimum Gasteiger partial charge on any atom is -0.497 e. The summed E-state index contributed by atoms with van der Waals surface area (Å²) < 4.78 is 6.56. The van der Waals surface area contributed by atoms with E-state index in [9.17, 15) is 19.2 Å². The average molecular weight is 606 g/mol. The summed E-state index contributed by atoms with van der Waals surface area (Å²) in [5.74, 6) is -1.66. The van der Waals surface area contributed by atoms with E-state index in [0.717, 1.165) is 22.5 Å². The molecule has 1 N–H and O–H groups in total. The second-order valence-corrected chi connectivity index (χ2v) is 12.4. The number of fused-ring (bicyclic) bond motifs is 2. The molecule has 2 aliphatic rings. The molecule has 3 amide bonds. The molecule has 3 atom stereocenters. The molecule has 4 aromatic rings. The highest BCUT2D eigenvalue weighted by Gasteiger charge is 2.56. The number of carbonyl (C=O) groups excluding carboxylic acids is 3. The minimum absolute atomic E-state index is 0.238. The maximum absolute atomic E-state index is 13.9. The van der Waals surface area contributed by atoms with Crippen LogP contribution in [-0.2, 0) is 20.9 Å². The molecule has 0 radical (unpaired) electrons. The maximum Gasteiger partial charge on any atom is 0.308 e. The van der Waals surface area contributed by atoms with Crippen molar-refractivity contribution in [1.82, 2.24) is 4.57 Å². The SMILES string of the molecule is COc1ccc(NC(=O)Cn2c3c(sc2=O)[C@@H](c2ccc(Cl)cc2)[C@H]2C(=O)N(c4ccc(C)cc4)C(=O)[C@H]2S3)cc1. The number of hydrogen-bond acceptors (Lipinski definition) is 7. The van der Waals surface area contributed by atoms with Gasteiger partial charge in [0.2, 0.25) is 17.7 Å². The number of halogens is 1. The molecular formula is C30H24ClN3O5S2. The molecule has 3 heterocycles. The van der Waals surface area contributed by atoms with Gasteiger partial charge in [0.25, 0.3) is 0 Å². The van der Waals surface area contributed by atoms with Crippen molar-refractivity contribution in [3.63, 3.8) is 0 Å². The quantitative estimate of drug-likeness (QED) is 0.299. The number of rotatable bonds is 6. The summed E-state index contributed by atoms with van der Waals surface area (Å²) in [7, 11) is 1.56. The zero-order chi connectivity index (χ0) is 28.8. The molecule has 3 aromatic carbocycles. The Morgan fingerprint density at radius 3 is 2.29 bits per heavy atom. The summed E-state index contributed by atoms with van der Waals surface area (Å²) in [6.45, 7) is 1.70. The van der Waals surface area contributed by atoms with Crippen molar-refractivity contribution < 1.29 is 19.1 Å². The van der Waals surface area contributed by atoms with Gasteiger partial charge >= 0.3 is 4.87 Å². The van der Waals surface area contributed by atoms with Gasteiger partial charge in [0.1, 0.15) is 17.5 Å². The largest absolute Gasteiger partial charge is 0.497 e. The number of carbonyl (C=O) groups is 3. The van der Waals surface area contributed by atoms with E-state index in [0.29, 0.717) is 32.1 Å². The van der Waals surface area contributed by atoms with E-state index >= 15 is 0 Å². The van der Waals surface area contributed by atoms with Crippen LogP contribution in [0.2, 0.25) is 5.02 Å². The van der Waals surface area contributed by atoms with E-state index in [1.54, 1.807) is 55.6 Å². The molecule has 1 saturated heterocycles. The first-order valence-corrected chi connectivity index (χ1v) is 14.9. The Kier molecular flexibility index (Phi) is 7.23. The number of nitrogens with one attached hydrogen (secondary N) is 1. The van der Waals surface area contributed by atoms with Crippen molar-refractivity contribution in [3.8, 4) is 5.75 Å². The molecule has 41 heavy (non-hydrogen) atoms. The summed E-state index contributed by atoms with van der Waals surface area (Å²) in [4.78, 5) is 55.6. The van der Waals surface area contributed by atoms with Crippen LogP contribution in [0.5, 0.6) is 5.75 Å². The van der Waals surface area contributed by atoms with Crippen LogP contribution in [0, 0.1) is 12.8 Å². The van der Waals surface area contributed by atoms with Crippen LogP contribution >= 0.6 is 34.7 Å². The molecule has 208 valence electrons. The van der Waals surface area contributed by atoms with Crippen LogP contribution < -0.4 is 19.8 Å². The zero-order valence-corrected chi connectivity index (χ0v) is 24.4. The predicted octanol–water partition coefficient (Wildman–Crippen LogP) is 5.31. The van der Waals surface area contributed by atoms with E-state index in [-0.39, 0.29) is 23.2 Å². The number of amides is 3. The third kappa shape index (κ3) is 4.96. The molecule has 8 nitrogen and oxygen atoms in total. The fraction of sp³-hybridized carbons (Fsp3) is 0.200. The molecule has 2 aliphatic heterocycles. The van der Waals surface area contributed by atoms with Crippen LogP contribution in [0.25, 0.3) is 0 Å². The topological polar surface area (TPSA) is 97.7 Å². The number of anilines is 2. The summed E-state index contributed by atoms with van der Waals surface area (Å²) in [5.41, 5.74) is 2.85. The Morgan fingerprint density at radius 2 is 1.63 bits per heavy atom. The normalized spacial score (nSPS) is 19.6. The lowest BCUT2D eigenvalue weighted by molar-refractivity contribution is -0.122. The molecule has 0 spiro atoms. The smallest absolute Gasteiger partial charge is 0.308 e. The Labute approximate surface area is 248 Å². The second-order valence-electron chi connectivity index (χ2n) is 9.84. The molecule has 0 unspecified atom stereocenters. The molecular weight excluding hydrogens is 582 g/mol. The van der Waals surface area contributed by atoms with Gasteiger partial charge in [-0.15, -0.1) is 0 Å². The standard InChI is InChI=1S/C30H24ClN3O5S2/c1-16-3-11-20(12-4-16)34-27(36)24-23(17-5-7-18(31)8-6-17)26-29(40-25(24)28(34)37)33(30(38)41-26)15-22(35)32-19-9-13-21(39-2)14-10-19/h3-14,23-25H,15H2,1-2H3,(H,32,35)/t23-,24+,25-/m0/s1. The van der Waals surface area contributed by atoms with Crippen LogP contribution in [0.4, 0.5) is 11.4 Å². The molecule has 6 rings (SSSR count). The number of methoxy groups -OCH3 is 1. The number of hydrogen-bond donors (Lipinski definition) is 1. The first-order valence-electron chi connectivity index (χ1n) is 12.8. The lowest BCUT2D eigenvalue weighted by Gasteiger charge is -2.30. The van der Waals surface area contributed by atoms with Crippen molar-refractivity contribution in [1.29, 1.82) is 0 Å². The van der Waals surface area contributed by atoms with Crippen molar-refractivity contribution in [2.24, 2.45) is 5.92 Å². The maximum atomic E-state index is 13.9. The highest BCUT2D eigenvalue weighted by atomic mass is 35.5. The Morgan fingerprint density at radius 1 is 0.951 bits per heavy atom. The second kappa shape index (κ2) is 10.8. The minimum atomic E-state index is -0.762. The fourth-order valence-electron chi connectivity index (χ4n) is 5.25. The molecule has 1 aromatic heterocycles. The summed E-state index contributed by atoms with van der Waals surface area (Å²) in [6.07, 6.45) is 0. The van der Waals surface area contributed by atoms with Crippen LogP contribution in [0.15, 0.2) is 82.6 Å². The van der Waals surface area contributed by atoms with Crippen molar-refractivity contribution in [2.75, 3.05) is 17.3 Å². The van der Waals surface area contributed by atoms with E-state index in [1.165, 1.54) is 21.2 Å². The van der Waals surface area contributed by atoms with E-state index in [4.69, 9.17) is 16.3 Å². The number of aryl methyl sites for hydroxylation is 1. The van der Waals surface area contributed by atoms with E-state index < -0.39 is 23.0 Å². The Balaban J connectivity index is 1.38. The lowest BCUT2D eigenvalue weighted by Crippen LogP contribution is -2.33. The number of ether oxygens (including phenoxy) is 1. The summed E-state index contributed by atoms with van der Waals surface area (Å²) in [5, 5.41) is 3.10. The molecule has 11 heteroatoms. The molecule has 1 fully saturated rings. The van der Waals surface area contributed by atoms with Gasteiger partial charge in [0, 0.05) is 21.5 Å². The number of imide groups is 1. The first-order chi connectivity index (χ1) is 19.7. The zero-order valence-electron chi connectivity index (χ0n) is 22.0. The van der Waals surface area contributed by atoms with E-state index in [1.807, 2.05) is 31.2 Å². The first kappa shape index (κ1) is 27.3. The monoisotopic (exact) mass is 605 g/mol. The highest BCUT2D eigenvalue weighted by molar-refractivity contribution is 8.00. The number of benzene rings is 3. The summed E-state index contributed by atoms with van der Waals surface area (Å²) >= 11 is 8.35. The number of nitrogens with zero attached hydrogens (tertiary/aromatic N) is 2. The van der Waals surface area contributed by atoms with Crippen molar-refractivity contribution >= 4 is 63.8 Å². The lowest BCUT2D eigenvalue weighted by atomic mass is 9.83. The number of thioether (sulfide) groups is 1. The summed E-state index contributed by atoms with van der Waals surface area (Å²) in [6, 6.07) is 21.2. The van der Waals surface area contributed by atoms with Crippen LogP contribution in [0.3, 0.4) is 0 Å². The number of aromatic nitrogens is 1. The molecule has 0 aliphatic carbocycles. The van der Waals surface area contributed by atoms with Gasteiger partial charge in [-0.3, -0.25) is 23.7 Å². The van der Waals surface area contributed by atoms with Gasteiger partial charge in [-0.25, -0.2) is 4.90 Å². The predicted molar refractivity (Wildman–Crippen MR) is 160 cm³/mol. The highest BCUT2D eigenvalue weighted by Crippen LogP contribution is 2.54. The van der Waals surface area contributed by atoms with Gasteiger partial charge < -0.3 is 10.1 Å². The third-order valence-corrected chi connectivity index (χ3v) is 10.1. The van der Waals surface area contributed by atoms with Crippen molar-refractivity contribution in [3.05, 3.63) is 103 Å². The van der Waals surface area contributed by atoms with Gasteiger partial charge in [0.05, 0.1) is 23.7 Å². The Bertz CT molecular complexity index is 1720. The molecule has 0 saturated carbocycles. The molecule has 0 bridgehead atoms. The van der Waals surface area contributed by atoms with E-state index in [2.05, 4.69) is 5.32 Å². The van der Waals surface area contributed by atoms with Gasteiger partial charge in [-0.1, -0.05) is 64.5 Å². The van der Waals surface area contributed by atoms with Crippen molar-refractivity contribution in [2.45, 2.75) is 29.7 Å². The third-order valence-electron chi connectivity index (χ3n) is 7.25. The number of thiazole rings is 1. The van der Waals surface area contributed by atoms with Gasteiger partial charge in [0.15, 0.2) is 0 Å². The average Bonchev–Trinajstić information content (AvgIpc) is 3.40. The Hall–Kier alpha value is -3.86.